The van der Waals surface area contributed by atoms with E-state index in [4.69, 9.17) is 16.2 Å². The van der Waals surface area contributed by atoms with E-state index >= 15 is 0 Å². The SMILES string of the molecule is CN(CCCCCO)Cc1cccnc1C(=N)N. The Hall–Kier alpha value is -1.46. The third-order valence-corrected chi connectivity index (χ3v) is 2.78. The van der Waals surface area contributed by atoms with E-state index in [0.717, 1.165) is 37.9 Å². The van der Waals surface area contributed by atoms with Crippen LogP contribution < -0.4 is 5.73 Å². The van der Waals surface area contributed by atoms with Gasteiger partial charge < -0.3 is 15.7 Å². The molecule has 5 nitrogen and oxygen atoms in total. The van der Waals surface area contributed by atoms with Gasteiger partial charge in [-0.1, -0.05) is 6.07 Å². The molecule has 18 heavy (non-hydrogen) atoms. The van der Waals surface area contributed by atoms with Crippen LogP contribution in [-0.4, -0.2) is 41.0 Å². The predicted molar refractivity (Wildman–Crippen MR) is 72.5 cm³/mol. The highest BCUT2D eigenvalue weighted by Crippen LogP contribution is 2.08. The van der Waals surface area contributed by atoms with Gasteiger partial charge in [0, 0.05) is 19.3 Å². The van der Waals surface area contributed by atoms with Gasteiger partial charge in [0.25, 0.3) is 0 Å². The highest BCUT2D eigenvalue weighted by atomic mass is 16.2. The summed E-state index contributed by atoms with van der Waals surface area (Å²) in [7, 11) is 2.04. The maximum absolute atomic E-state index is 8.70. The molecule has 0 aliphatic rings. The minimum atomic E-state index is 0.0132. The van der Waals surface area contributed by atoms with Crippen molar-refractivity contribution in [2.24, 2.45) is 5.73 Å². The molecule has 1 aromatic heterocycles. The van der Waals surface area contributed by atoms with Crippen LogP contribution in [0.15, 0.2) is 18.3 Å². The molecular formula is C13H22N4O. The average molecular weight is 250 g/mol. The molecule has 0 spiro atoms. The van der Waals surface area contributed by atoms with Crippen molar-refractivity contribution in [1.29, 1.82) is 5.41 Å². The van der Waals surface area contributed by atoms with Crippen LogP contribution in [0.3, 0.4) is 0 Å². The number of aromatic nitrogens is 1. The standard InChI is InChI=1S/C13H22N4O/c1-17(8-3-2-4-9-18)10-11-6-5-7-16-12(11)13(14)15/h5-7,18H,2-4,8-10H2,1H3,(H3,14,15). The number of nitrogens with one attached hydrogen (secondary N) is 1. The van der Waals surface area contributed by atoms with Crippen molar-refractivity contribution >= 4 is 5.84 Å². The predicted octanol–water partition coefficient (Wildman–Crippen LogP) is 0.960. The average Bonchev–Trinajstić information content (AvgIpc) is 2.35. The Morgan fingerprint density at radius 2 is 2.22 bits per heavy atom. The molecule has 1 heterocycles. The van der Waals surface area contributed by atoms with Crippen LogP contribution in [0.25, 0.3) is 0 Å². The summed E-state index contributed by atoms with van der Waals surface area (Å²) in [5.41, 5.74) is 7.05. The summed E-state index contributed by atoms with van der Waals surface area (Å²) in [6.07, 6.45) is 4.61. The lowest BCUT2D eigenvalue weighted by Crippen LogP contribution is -2.23. The molecule has 0 unspecified atom stereocenters. The van der Waals surface area contributed by atoms with E-state index in [9.17, 15) is 0 Å². The van der Waals surface area contributed by atoms with E-state index in [1.807, 2.05) is 19.2 Å². The fourth-order valence-electron chi connectivity index (χ4n) is 1.85. The molecule has 0 aromatic carbocycles. The van der Waals surface area contributed by atoms with Crippen molar-refractivity contribution < 1.29 is 5.11 Å². The number of pyridine rings is 1. The van der Waals surface area contributed by atoms with Crippen LogP contribution in [0.5, 0.6) is 0 Å². The quantitative estimate of drug-likeness (QED) is 0.364. The smallest absolute Gasteiger partial charge is 0.142 e. The van der Waals surface area contributed by atoms with E-state index in [1.165, 1.54) is 0 Å². The number of hydrogen-bond acceptors (Lipinski definition) is 4. The van der Waals surface area contributed by atoms with Gasteiger partial charge in [-0.2, -0.15) is 0 Å². The van der Waals surface area contributed by atoms with E-state index in [2.05, 4.69) is 9.88 Å². The molecule has 0 radical (unpaired) electrons. The van der Waals surface area contributed by atoms with Gasteiger partial charge in [-0.3, -0.25) is 10.4 Å². The molecule has 5 heteroatoms. The zero-order chi connectivity index (χ0) is 13.4. The number of nitrogen functional groups attached to an aromatic ring is 1. The summed E-state index contributed by atoms with van der Waals surface area (Å²) in [4.78, 5) is 6.31. The van der Waals surface area contributed by atoms with E-state index in [1.54, 1.807) is 6.20 Å². The number of aliphatic hydroxyl groups excluding tert-OH is 1. The summed E-state index contributed by atoms with van der Waals surface area (Å²) in [6, 6.07) is 3.81. The second kappa shape index (κ2) is 7.79. The van der Waals surface area contributed by atoms with E-state index < -0.39 is 0 Å². The van der Waals surface area contributed by atoms with Crippen molar-refractivity contribution in [2.45, 2.75) is 25.8 Å². The minimum Gasteiger partial charge on any atom is -0.396 e. The van der Waals surface area contributed by atoms with Gasteiger partial charge in [0.2, 0.25) is 0 Å². The zero-order valence-electron chi connectivity index (χ0n) is 10.9. The Morgan fingerprint density at radius 1 is 1.44 bits per heavy atom. The number of hydrogen-bond donors (Lipinski definition) is 3. The van der Waals surface area contributed by atoms with Gasteiger partial charge in [-0.15, -0.1) is 0 Å². The molecule has 0 aliphatic heterocycles. The topological polar surface area (TPSA) is 86.2 Å². The van der Waals surface area contributed by atoms with Crippen molar-refractivity contribution in [2.75, 3.05) is 20.2 Å². The molecule has 0 saturated carbocycles. The van der Waals surface area contributed by atoms with Gasteiger partial charge >= 0.3 is 0 Å². The molecule has 0 atom stereocenters. The lowest BCUT2D eigenvalue weighted by atomic mass is 10.1. The van der Waals surface area contributed by atoms with Crippen molar-refractivity contribution in [3.8, 4) is 0 Å². The van der Waals surface area contributed by atoms with Gasteiger partial charge in [0.1, 0.15) is 11.5 Å². The third kappa shape index (κ3) is 4.81. The minimum absolute atomic E-state index is 0.0132. The molecule has 1 rings (SSSR count). The molecular weight excluding hydrogens is 228 g/mol. The molecule has 1 aromatic rings. The molecule has 0 saturated heterocycles. The molecule has 4 N–H and O–H groups in total. The lowest BCUT2D eigenvalue weighted by Gasteiger charge is -2.17. The van der Waals surface area contributed by atoms with Crippen molar-refractivity contribution in [3.05, 3.63) is 29.6 Å². The van der Waals surface area contributed by atoms with Crippen LogP contribution in [0.1, 0.15) is 30.5 Å². The monoisotopic (exact) mass is 250 g/mol. The summed E-state index contributed by atoms with van der Waals surface area (Å²) in [6.45, 7) is 1.97. The van der Waals surface area contributed by atoms with Gasteiger partial charge in [0.05, 0.1) is 0 Å². The normalized spacial score (nSPS) is 10.8. The molecule has 0 amide bonds. The molecule has 0 fully saturated rings. The number of rotatable bonds is 8. The first-order valence-electron chi connectivity index (χ1n) is 6.23. The van der Waals surface area contributed by atoms with Crippen LogP contribution >= 0.6 is 0 Å². The maximum Gasteiger partial charge on any atom is 0.142 e. The largest absolute Gasteiger partial charge is 0.396 e. The molecule has 0 aliphatic carbocycles. The zero-order valence-corrected chi connectivity index (χ0v) is 10.9. The van der Waals surface area contributed by atoms with E-state index in [-0.39, 0.29) is 12.4 Å². The Morgan fingerprint density at radius 3 is 2.89 bits per heavy atom. The van der Waals surface area contributed by atoms with Crippen molar-refractivity contribution in [3.63, 3.8) is 0 Å². The summed E-state index contributed by atoms with van der Waals surface area (Å²) in [5.74, 6) is 0.0132. The summed E-state index contributed by atoms with van der Waals surface area (Å²) >= 11 is 0. The third-order valence-electron chi connectivity index (χ3n) is 2.78. The van der Waals surface area contributed by atoms with Gasteiger partial charge in [-0.05, 0) is 44.5 Å². The first kappa shape index (κ1) is 14.6. The Kier molecular flexibility index (Phi) is 6.32. The second-order valence-corrected chi connectivity index (χ2v) is 4.45. The molecule has 100 valence electrons. The molecule has 0 bridgehead atoms. The summed E-state index contributed by atoms with van der Waals surface area (Å²) in [5, 5.41) is 16.2. The maximum atomic E-state index is 8.70. The van der Waals surface area contributed by atoms with Gasteiger partial charge in [0.15, 0.2) is 0 Å². The highest BCUT2D eigenvalue weighted by Gasteiger charge is 2.08. The number of unbranched alkanes of at least 4 members (excludes halogenated alkanes) is 2. The Bertz CT molecular complexity index is 381. The highest BCUT2D eigenvalue weighted by molar-refractivity contribution is 5.94. The van der Waals surface area contributed by atoms with Crippen LogP contribution in [-0.2, 0) is 6.54 Å². The fraction of sp³-hybridized carbons (Fsp3) is 0.538. The lowest BCUT2D eigenvalue weighted by molar-refractivity contribution is 0.271. The van der Waals surface area contributed by atoms with Crippen molar-refractivity contribution in [1.82, 2.24) is 9.88 Å². The number of nitrogens with zero attached hydrogens (tertiary/aromatic N) is 2. The number of aliphatic hydroxyl groups is 1. The second-order valence-electron chi connectivity index (χ2n) is 4.45. The number of amidine groups is 1. The van der Waals surface area contributed by atoms with Crippen LogP contribution in [0, 0.1) is 5.41 Å². The Labute approximate surface area is 108 Å². The first-order chi connectivity index (χ1) is 8.65. The fourth-order valence-corrected chi connectivity index (χ4v) is 1.85. The summed E-state index contributed by atoms with van der Waals surface area (Å²) < 4.78 is 0. The van der Waals surface area contributed by atoms with Crippen LogP contribution in [0.4, 0.5) is 0 Å². The van der Waals surface area contributed by atoms with Gasteiger partial charge in [-0.25, -0.2) is 0 Å². The van der Waals surface area contributed by atoms with E-state index in [0.29, 0.717) is 5.69 Å². The first-order valence-corrected chi connectivity index (χ1v) is 6.23. The Balaban J connectivity index is 2.48. The van der Waals surface area contributed by atoms with Crippen LogP contribution in [0.2, 0.25) is 0 Å². The number of nitrogens with two attached hydrogens (primary N) is 1.